The van der Waals surface area contributed by atoms with Gasteiger partial charge in [-0.05, 0) is 49.7 Å². The van der Waals surface area contributed by atoms with Crippen molar-refractivity contribution in [3.8, 4) is 11.4 Å². The summed E-state index contributed by atoms with van der Waals surface area (Å²) >= 11 is 0. The lowest BCUT2D eigenvalue weighted by Crippen LogP contribution is -2.22. The van der Waals surface area contributed by atoms with E-state index in [1.807, 2.05) is 62.5 Å². The van der Waals surface area contributed by atoms with Crippen LogP contribution in [0.1, 0.15) is 28.4 Å². The van der Waals surface area contributed by atoms with Crippen molar-refractivity contribution in [3.63, 3.8) is 0 Å². The van der Waals surface area contributed by atoms with Crippen LogP contribution >= 0.6 is 0 Å². The standard InChI is InChI=1S/C20H21N3O2/c1-3-25-19-10-9-17(11-15(19)2)20(24)21-12-16-13-22-23(14-16)18-7-5-4-6-8-18/h4-11,13-14H,3,12H2,1-2H3,(H,21,24). The predicted octanol–water partition coefficient (Wildman–Crippen LogP) is 3.51. The maximum Gasteiger partial charge on any atom is 0.251 e. The molecule has 1 amide bonds. The van der Waals surface area contributed by atoms with Gasteiger partial charge in [0.25, 0.3) is 5.91 Å². The number of hydrogen-bond acceptors (Lipinski definition) is 3. The molecule has 0 saturated carbocycles. The van der Waals surface area contributed by atoms with Crippen LogP contribution in [0.3, 0.4) is 0 Å². The normalized spacial score (nSPS) is 10.5. The van der Waals surface area contributed by atoms with Crippen molar-refractivity contribution in [1.29, 1.82) is 0 Å². The highest BCUT2D eigenvalue weighted by Crippen LogP contribution is 2.19. The van der Waals surface area contributed by atoms with Crippen molar-refractivity contribution in [1.82, 2.24) is 15.1 Å². The van der Waals surface area contributed by atoms with E-state index >= 15 is 0 Å². The first-order valence-electron chi connectivity index (χ1n) is 8.28. The fourth-order valence-corrected chi connectivity index (χ4v) is 2.57. The summed E-state index contributed by atoms with van der Waals surface area (Å²) in [5.41, 5.74) is 3.50. The number of hydrogen-bond donors (Lipinski definition) is 1. The minimum absolute atomic E-state index is 0.112. The van der Waals surface area contributed by atoms with Crippen LogP contribution in [-0.2, 0) is 6.54 Å². The largest absolute Gasteiger partial charge is 0.494 e. The fourth-order valence-electron chi connectivity index (χ4n) is 2.57. The van der Waals surface area contributed by atoms with Crippen LogP contribution in [0.25, 0.3) is 5.69 Å². The first-order valence-corrected chi connectivity index (χ1v) is 8.28. The van der Waals surface area contributed by atoms with Crippen LogP contribution in [0.15, 0.2) is 60.9 Å². The van der Waals surface area contributed by atoms with Crippen LogP contribution < -0.4 is 10.1 Å². The number of rotatable bonds is 6. The summed E-state index contributed by atoms with van der Waals surface area (Å²) in [4.78, 5) is 12.3. The Morgan fingerprint density at radius 1 is 1.20 bits per heavy atom. The van der Waals surface area contributed by atoms with Gasteiger partial charge in [-0.2, -0.15) is 5.10 Å². The first-order chi connectivity index (χ1) is 12.2. The quantitative estimate of drug-likeness (QED) is 0.750. The highest BCUT2D eigenvalue weighted by Gasteiger charge is 2.09. The second kappa shape index (κ2) is 7.66. The van der Waals surface area contributed by atoms with Crippen LogP contribution in [0, 0.1) is 6.92 Å². The van der Waals surface area contributed by atoms with Gasteiger partial charge in [0.15, 0.2) is 0 Å². The molecule has 5 nitrogen and oxygen atoms in total. The molecule has 1 N–H and O–H groups in total. The van der Waals surface area contributed by atoms with Gasteiger partial charge in [0, 0.05) is 23.9 Å². The maximum absolute atomic E-state index is 12.3. The number of nitrogens with one attached hydrogen (secondary N) is 1. The van der Waals surface area contributed by atoms with E-state index in [9.17, 15) is 4.79 Å². The van der Waals surface area contributed by atoms with E-state index in [1.165, 1.54) is 0 Å². The molecule has 3 aromatic rings. The number of para-hydroxylation sites is 1. The zero-order chi connectivity index (χ0) is 17.6. The van der Waals surface area contributed by atoms with E-state index in [2.05, 4.69) is 10.4 Å². The Balaban J connectivity index is 1.63. The topological polar surface area (TPSA) is 56.1 Å². The van der Waals surface area contributed by atoms with Crippen molar-refractivity contribution in [2.24, 2.45) is 0 Å². The second-order valence-corrected chi connectivity index (χ2v) is 5.72. The summed E-state index contributed by atoms with van der Waals surface area (Å²) in [5, 5.41) is 7.26. The predicted molar refractivity (Wildman–Crippen MR) is 97.1 cm³/mol. The molecule has 5 heteroatoms. The van der Waals surface area contributed by atoms with Crippen molar-refractivity contribution in [2.75, 3.05) is 6.61 Å². The number of carbonyl (C=O) groups excluding carboxylic acids is 1. The van der Waals surface area contributed by atoms with Crippen molar-refractivity contribution >= 4 is 5.91 Å². The molecule has 0 aliphatic carbocycles. The van der Waals surface area contributed by atoms with Gasteiger partial charge in [-0.1, -0.05) is 18.2 Å². The van der Waals surface area contributed by atoms with E-state index < -0.39 is 0 Å². The molecule has 3 rings (SSSR count). The molecule has 0 atom stereocenters. The highest BCUT2D eigenvalue weighted by atomic mass is 16.5. The molecule has 0 saturated heterocycles. The summed E-state index contributed by atoms with van der Waals surface area (Å²) in [6.45, 7) is 4.91. The zero-order valence-corrected chi connectivity index (χ0v) is 14.4. The summed E-state index contributed by atoms with van der Waals surface area (Å²) in [5.74, 6) is 0.696. The molecular formula is C20H21N3O2. The molecule has 25 heavy (non-hydrogen) atoms. The molecule has 0 aliphatic rings. The van der Waals surface area contributed by atoms with Gasteiger partial charge in [-0.25, -0.2) is 4.68 Å². The molecule has 0 fully saturated rings. The maximum atomic E-state index is 12.3. The van der Waals surface area contributed by atoms with E-state index in [4.69, 9.17) is 4.74 Å². The smallest absolute Gasteiger partial charge is 0.251 e. The van der Waals surface area contributed by atoms with E-state index in [-0.39, 0.29) is 5.91 Å². The Morgan fingerprint density at radius 2 is 2.00 bits per heavy atom. The Morgan fingerprint density at radius 3 is 2.72 bits per heavy atom. The van der Waals surface area contributed by atoms with Gasteiger partial charge in [0.1, 0.15) is 5.75 Å². The summed E-state index contributed by atoms with van der Waals surface area (Å²) in [7, 11) is 0. The molecule has 0 bridgehead atoms. The minimum atomic E-state index is -0.112. The molecule has 0 aliphatic heterocycles. The average Bonchev–Trinajstić information content (AvgIpc) is 3.11. The van der Waals surface area contributed by atoms with E-state index in [0.717, 1.165) is 22.6 Å². The highest BCUT2D eigenvalue weighted by molar-refractivity contribution is 5.94. The Hall–Kier alpha value is -3.08. The summed E-state index contributed by atoms with van der Waals surface area (Å²) in [6.07, 6.45) is 3.68. The van der Waals surface area contributed by atoms with Crippen LogP contribution in [0.5, 0.6) is 5.75 Å². The van der Waals surface area contributed by atoms with Crippen molar-refractivity contribution < 1.29 is 9.53 Å². The molecule has 2 aromatic carbocycles. The van der Waals surface area contributed by atoms with Crippen molar-refractivity contribution in [3.05, 3.63) is 77.6 Å². The zero-order valence-electron chi connectivity index (χ0n) is 14.4. The van der Waals surface area contributed by atoms with Crippen molar-refractivity contribution in [2.45, 2.75) is 20.4 Å². The number of aromatic nitrogens is 2. The SMILES string of the molecule is CCOc1ccc(C(=O)NCc2cnn(-c3ccccc3)c2)cc1C. The van der Waals surface area contributed by atoms with Gasteiger partial charge >= 0.3 is 0 Å². The number of ether oxygens (including phenoxy) is 1. The Kier molecular flexibility index (Phi) is 5.14. The summed E-state index contributed by atoms with van der Waals surface area (Å²) < 4.78 is 7.30. The summed E-state index contributed by atoms with van der Waals surface area (Å²) in [6, 6.07) is 15.3. The number of benzene rings is 2. The second-order valence-electron chi connectivity index (χ2n) is 5.72. The average molecular weight is 335 g/mol. The van der Waals surface area contributed by atoms with Gasteiger partial charge in [0.05, 0.1) is 18.5 Å². The lowest BCUT2D eigenvalue weighted by Gasteiger charge is -2.09. The third kappa shape index (κ3) is 4.07. The van der Waals surface area contributed by atoms with E-state index in [0.29, 0.717) is 18.7 Å². The third-order valence-electron chi connectivity index (χ3n) is 3.85. The lowest BCUT2D eigenvalue weighted by molar-refractivity contribution is 0.0951. The van der Waals surface area contributed by atoms with Crippen LogP contribution in [-0.4, -0.2) is 22.3 Å². The number of nitrogens with zero attached hydrogens (tertiary/aromatic N) is 2. The van der Waals surface area contributed by atoms with Gasteiger partial charge in [0.2, 0.25) is 0 Å². The van der Waals surface area contributed by atoms with Gasteiger partial charge in [-0.15, -0.1) is 0 Å². The first kappa shape index (κ1) is 16.8. The molecule has 1 heterocycles. The monoisotopic (exact) mass is 335 g/mol. The Labute approximate surface area is 147 Å². The number of aryl methyl sites for hydroxylation is 1. The molecule has 0 unspecified atom stereocenters. The van der Waals surface area contributed by atoms with E-state index in [1.54, 1.807) is 16.9 Å². The molecular weight excluding hydrogens is 314 g/mol. The number of amides is 1. The van der Waals surface area contributed by atoms with Gasteiger partial charge in [-0.3, -0.25) is 4.79 Å². The Bertz CT molecular complexity index is 856. The fraction of sp³-hybridized carbons (Fsp3) is 0.200. The molecule has 1 aromatic heterocycles. The third-order valence-corrected chi connectivity index (χ3v) is 3.85. The molecule has 0 spiro atoms. The molecule has 128 valence electrons. The van der Waals surface area contributed by atoms with Crippen LogP contribution in [0.2, 0.25) is 0 Å². The lowest BCUT2D eigenvalue weighted by atomic mass is 10.1. The molecule has 0 radical (unpaired) electrons. The van der Waals surface area contributed by atoms with Gasteiger partial charge < -0.3 is 10.1 Å². The minimum Gasteiger partial charge on any atom is -0.494 e. The van der Waals surface area contributed by atoms with Crippen LogP contribution in [0.4, 0.5) is 0 Å². The number of carbonyl (C=O) groups is 1.